The molecule has 258 valence electrons. The van der Waals surface area contributed by atoms with Gasteiger partial charge in [-0.05, 0) is 70.8 Å². The molecule has 0 aliphatic rings. The summed E-state index contributed by atoms with van der Waals surface area (Å²) < 4.78 is 124. The normalized spacial score (nSPS) is 12.7. The zero-order valence-corrected chi connectivity index (χ0v) is 26.6. The van der Waals surface area contributed by atoms with Gasteiger partial charge in [-0.1, -0.05) is 18.1 Å². The molecule has 0 amide bonds. The lowest BCUT2D eigenvalue weighted by atomic mass is 9.98. The fraction of sp³-hybridized carbons (Fsp3) is 0.290. The minimum atomic E-state index is -5.11. The van der Waals surface area contributed by atoms with Crippen molar-refractivity contribution < 1.29 is 39.5 Å². The van der Waals surface area contributed by atoms with Crippen molar-refractivity contribution in [1.82, 2.24) is 30.2 Å². The van der Waals surface area contributed by atoms with E-state index in [4.69, 9.17) is 4.98 Å². The van der Waals surface area contributed by atoms with Crippen molar-refractivity contribution in [2.75, 3.05) is 11.9 Å². The molecule has 0 aliphatic carbocycles. The molecule has 3 aromatic heterocycles. The van der Waals surface area contributed by atoms with E-state index in [2.05, 4.69) is 25.4 Å². The molecule has 0 aliphatic heterocycles. The van der Waals surface area contributed by atoms with E-state index in [1.807, 2.05) is 6.92 Å². The second-order valence-corrected chi connectivity index (χ2v) is 11.8. The van der Waals surface area contributed by atoms with Gasteiger partial charge < -0.3 is 4.90 Å². The van der Waals surface area contributed by atoms with Gasteiger partial charge in [-0.25, -0.2) is 4.98 Å². The van der Waals surface area contributed by atoms with E-state index < -0.39 is 53.9 Å². The Balaban J connectivity index is 1.65. The van der Waals surface area contributed by atoms with Gasteiger partial charge in [0.05, 0.1) is 35.1 Å². The van der Waals surface area contributed by atoms with Gasteiger partial charge in [-0.15, -0.1) is 16.4 Å². The average Bonchev–Trinajstić information content (AvgIpc) is 3.66. The third-order valence-electron chi connectivity index (χ3n) is 7.15. The smallest absolute Gasteiger partial charge is 0.330 e. The second-order valence-electron chi connectivity index (χ2n) is 10.7. The Morgan fingerprint density at radius 1 is 0.857 bits per heavy atom. The van der Waals surface area contributed by atoms with Crippen LogP contribution in [-0.4, -0.2) is 43.4 Å². The summed E-state index contributed by atoms with van der Waals surface area (Å²) in [5.74, 6) is -0.245. The summed E-state index contributed by atoms with van der Waals surface area (Å²) in [5, 5.41) is 12.1. The minimum absolute atomic E-state index is 0.00891. The molecule has 0 unspecified atom stereocenters. The summed E-state index contributed by atoms with van der Waals surface area (Å²) >= 11 is 1.28. The third-order valence-corrected chi connectivity index (χ3v) is 8.37. The number of benzene rings is 2. The van der Waals surface area contributed by atoms with Gasteiger partial charge in [0, 0.05) is 43.0 Å². The van der Waals surface area contributed by atoms with Gasteiger partial charge in [-0.3, -0.25) is 9.98 Å². The van der Waals surface area contributed by atoms with Gasteiger partial charge in [0.2, 0.25) is 0 Å². The van der Waals surface area contributed by atoms with Crippen LogP contribution in [0.2, 0.25) is 0 Å². The average molecular weight is 713 g/mol. The van der Waals surface area contributed by atoms with Crippen molar-refractivity contribution in [1.29, 1.82) is 0 Å². The number of hydrogen-bond acceptors (Lipinski definition) is 8. The van der Waals surface area contributed by atoms with Crippen LogP contribution < -0.4 is 4.90 Å². The molecule has 0 saturated heterocycles. The highest BCUT2D eigenvalue weighted by molar-refractivity contribution is 7.15. The van der Waals surface area contributed by atoms with Gasteiger partial charge in [-0.2, -0.15) is 44.3 Å². The number of hydrogen-bond donors (Lipinski definition) is 0. The fourth-order valence-corrected chi connectivity index (χ4v) is 5.95. The number of aliphatic imine (C=N–C) groups is 1. The van der Waals surface area contributed by atoms with Crippen molar-refractivity contribution in [3.8, 4) is 22.0 Å². The zero-order chi connectivity index (χ0) is 35.7. The fourth-order valence-electron chi connectivity index (χ4n) is 4.97. The number of anilines is 1. The number of halogens is 9. The predicted octanol–water partition coefficient (Wildman–Crippen LogP) is 8.27. The standard InChI is InChI=1S/C31H25F9N8S/c1-4-25-26(43-27(49-25)24-11-17(14-41-2)7-8-42-24)23-6-5-20(29(32,33)34)12-19(23)16-48(28-44-46-47(3)45-28)15-18-9-21(30(35,36)37)13-22(10-18)31(38,39)40/h5-14H,4,15-16H2,1-3H3. The molecule has 8 nitrogen and oxygen atoms in total. The number of pyridine rings is 1. The van der Waals surface area contributed by atoms with E-state index in [9.17, 15) is 39.5 Å². The maximum Gasteiger partial charge on any atom is 0.416 e. The summed E-state index contributed by atoms with van der Waals surface area (Å²) in [6.45, 7) is 0.714. The van der Waals surface area contributed by atoms with Crippen LogP contribution in [0.25, 0.3) is 22.0 Å². The molecule has 0 saturated carbocycles. The van der Waals surface area contributed by atoms with E-state index in [0.29, 0.717) is 39.8 Å². The van der Waals surface area contributed by atoms with Crippen molar-refractivity contribution in [2.24, 2.45) is 12.0 Å². The Bertz CT molecular complexity index is 1940. The first kappa shape index (κ1) is 35.4. The maximum atomic E-state index is 14.0. The molecule has 0 N–H and O–H groups in total. The summed E-state index contributed by atoms with van der Waals surface area (Å²) in [7, 11) is 2.97. The number of nitrogens with zero attached hydrogens (tertiary/aromatic N) is 8. The summed E-state index contributed by atoms with van der Waals surface area (Å²) in [6, 6.07) is 7.52. The highest BCUT2D eigenvalue weighted by Crippen LogP contribution is 2.40. The molecule has 2 aromatic carbocycles. The van der Waals surface area contributed by atoms with Crippen molar-refractivity contribution in [2.45, 2.75) is 45.0 Å². The lowest BCUT2D eigenvalue weighted by Gasteiger charge is -2.24. The molecule has 18 heteroatoms. The van der Waals surface area contributed by atoms with E-state index in [-0.39, 0.29) is 23.1 Å². The number of thiazole rings is 1. The monoisotopic (exact) mass is 712 g/mol. The Morgan fingerprint density at radius 2 is 1.53 bits per heavy atom. The highest BCUT2D eigenvalue weighted by atomic mass is 32.1. The van der Waals surface area contributed by atoms with Crippen LogP contribution in [0.5, 0.6) is 0 Å². The minimum Gasteiger partial charge on any atom is -0.330 e. The Labute approximate surface area is 277 Å². The quantitative estimate of drug-likeness (QED) is 0.113. The molecule has 0 radical (unpaired) electrons. The van der Waals surface area contributed by atoms with Crippen LogP contribution in [-0.2, 0) is 45.1 Å². The SMILES string of the molecule is CCc1sc(-c2cc(C=NC)ccn2)nc1-c1ccc(C(F)(F)F)cc1CN(Cc1cc(C(F)(F)F)cc(C(F)(F)F)c1)c1nnn(C)n1. The van der Waals surface area contributed by atoms with Crippen LogP contribution in [0.3, 0.4) is 0 Å². The summed E-state index contributed by atoms with van der Waals surface area (Å²) in [5.41, 5.74) is -2.71. The molecular formula is C31H25F9N8S. The first-order chi connectivity index (χ1) is 23.0. The van der Waals surface area contributed by atoms with E-state index in [0.717, 1.165) is 27.4 Å². The number of aromatic nitrogens is 6. The number of aryl methyl sites for hydroxylation is 2. The van der Waals surface area contributed by atoms with Gasteiger partial charge in [0.25, 0.3) is 5.95 Å². The molecule has 3 heterocycles. The van der Waals surface area contributed by atoms with Gasteiger partial charge >= 0.3 is 18.5 Å². The Hall–Kier alpha value is -4.87. The molecule has 0 bridgehead atoms. The summed E-state index contributed by atoms with van der Waals surface area (Å²) in [4.78, 5) is 15.9. The van der Waals surface area contributed by atoms with Crippen molar-refractivity contribution >= 4 is 23.5 Å². The molecule has 49 heavy (non-hydrogen) atoms. The number of tetrazole rings is 1. The molecule has 0 atom stereocenters. The molecule has 5 aromatic rings. The van der Waals surface area contributed by atoms with Gasteiger partial charge in [0.15, 0.2) is 0 Å². The van der Waals surface area contributed by atoms with Crippen molar-refractivity contribution in [3.63, 3.8) is 0 Å². The maximum absolute atomic E-state index is 14.0. The first-order valence-electron chi connectivity index (χ1n) is 14.3. The van der Waals surface area contributed by atoms with E-state index in [1.54, 1.807) is 31.6 Å². The van der Waals surface area contributed by atoms with Crippen molar-refractivity contribution in [3.05, 3.63) is 93.0 Å². The second kappa shape index (κ2) is 13.6. The number of alkyl halides is 9. The predicted molar refractivity (Wildman–Crippen MR) is 164 cm³/mol. The topological polar surface area (TPSA) is 85.0 Å². The highest BCUT2D eigenvalue weighted by Gasteiger charge is 2.37. The van der Waals surface area contributed by atoms with E-state index in [1.165, 1.54) is 24.5 Å². The van der Waals surface area contributed by atoms with Crippen LogP contribution in [0, 0.1) is 0 Å². The first-order valence-corrected chi connectivity index (χ1v) is 15.1. The Morgan fingerprint density at radius 3 is 2.10 bits per heavy atom. The number of rotatable bonds is 9. The lowest BCUT2D eigenvalue weighted by Crippen LogP contribution is -2.25. The molecular weight excluding hydrogens is 687 g/mol. The van der Waals surface area contributed by atoms with E-state index >= 15 is 0 Å². The van der Waals surface area contributed by atoms with Crippen LogP contribution in [0.4, 0.5) is 45.5 Å². The van der Waals surface area contributed by atoms with Crippen LogP contribution >= 0.6 is 11.3 Å². The largest absolute Gasteiger partial charge is 0.416 e. The molecule has 0 fully saturated rings. The zero-order valence-electron chi connectivity index (χ0n) is 25.8. The Kier molecular flexibility index (Phi) is 9.81. The van der Waals surface area contributed by atoms with Gasteiger partial charge in [0.1, 0.15) is 5.01 Å². The summed E-state index contributed by atoms with van der Waals surface area (Å²) in [6.07, 6.45) is -11.4. The molecule has 5 rings (SSSR count). The van der Waals surface area contributed by atoms with Crippen LogP contribution in [0.15, 0.2) is 59.7 Å². The third kappa shape index (κ3) is 8.23. The lowest BCUT2D eigenvalue weighted by molar-refractivity contribution is -0.143. The molecule has 0 spiro atoms. The van der Waals surface area contributed by atoms with Crippen LogP contribution in [0.1, 0.15) is 45.2 Å².